The van der Waals surface area contributed by atoms with Crippen LogP contribution in [-0.4, -0.2) is 50.5 Å². The Kier molecular flexibility index (Phi) is 4.98. The maximum absolute atomic E-state index is 11.9. The fraction of sp³-hybridized carbons (Fsp3) is 1.00. The Labute approximate surface area is 105 Å². The topological polar surface area (TPSA) is 63.4 Å². The van der Waals surface area contributed by atoms with Gasteiger partial charge < -0.3 is 5.73 Å². The second-order valence-electron chi connectivity index (χ2n) is 5.29. The molecule has 2 N–H and O–H groups in total. The molecule has 17 heavy (non-hydrogen) atoms. The van der Waals surface area contributed by atoms with E-state index in [-0.39, 0.29) is 10.8 Å². The van der Waals surface area contributed by atoms with Crippen molar-refractivity contribution in [1.82, 2.24) is 4.90 Å². The molecule has 4 nitrogen and oxygen atoms in total. The highest BCUT2D eigenvalue weighted by Crippen LogP contribution is 2.38. The van der Waals surface area contributed by atoms with Gasteiger partial charge in [-0.15, -0.1) is 0 Å². The van der Waals surface area contributed by atoms with Crippen molar-refractivity contribution in [3.63, 3.8) is 0 Å². The van der Waals surface area contributed by atoms with Gasteiger partial charge in [0.05, 0.1) is 5.25 Å². The van der Waals surface area contributed by atoms with Crippen LogP contribution in [-0.2, 0) is 9.84 Å². The molecule has 0 aromatic rings. The van der Waals surface area contributed by atoms with Gasteiger partial charge >= 0.3 is 0 Å². The lowest BCUT2D eigenvalue weighted by Gasteiger charge is -2.42. The molecule has 2 atom stereocenters. The lowest BCUT2D eigenvalue weighted by Crippen LogP contribution is -2.59. The molecule has 0 heterocycles. The smallest absolute Gasteiger partial charge is 0.152 e. The van der Waals surface area contributed by atoms with E-state index >= 15 is 0 Å². The van der Waals surface area contributed by atoms with Gasteiger partial charge in [0.2, 0.25) is 0 Å². The number of unbranched alkanes of at least 4 members (excludes halogenated alkanes) is 1. The first-order chi connectivity index (χ1) is 7.88. The summed E-state index contributed by atoms with van der Waals surface area (Å²) in [4.78, 5) is 2.19. The zero-order valence-corrected chi connectivity index (χ0v) is 12.1. The van der Waals surface area contributed by atoms with Crippen LogP contribution in [0.2, 0.25) is 0 Å². The van der Waals surface area contributed by atoms with Crippen LogP contribution >= 0.6 is 0 Å². The van der Waals surface area contributed by atoms with Gasteiger partial charge in [-0.3, -0.25) is 4.90 Å². The van der Waals surface area contributed by atoms with E-state index in [4.69, 9.17) is 5.73 Å². The molecule has 0 aliphatic heterocycles. The molecule has 1 saturated carbocycles. The maximum Gasteiger partial charge on any atom is 0.152 e. The number of rotatable bonds is 6. The van der Waals surface area contributed by atoms with Gasteiger partial charge in [-0.25, -0.2) is 8.42 Å². The van der Waals surface area contributed by atoms with Crippen LogP contribution in [0, 0.1) is 0 Å². The standard InChI is InChI=1S/C12H26N2O2S/c1-4-5-9-14(2)12(10-13)8-6-7-11(12)17(3,15)16/h11H,4-10,13H2,1-3H3. The molecule has 102 valence electrons. The third-order valence-electron chi connectivity index (χ3n) is 4.15. The Morgan fingerprint density at radius 2 is 2.12 bits per heavy atom. The summed E-state index contributed by atoms with van der Waals surface area (Å²) in [6.45, 7) is 3.51. The second-order valence-corrected chi connectivity index (χ2v) is 7.52. The SMILES string of the molecule is CCCCN(C)C1(CN)CCCC1S(C)(=O)=O. The zero-order valence-electron chi connectivity index (χ0n) is 11.3. The number of sulfone groups is 1. The Morgan fingerprint density at radius 3 is 2.59 bits per heavy atom. The van der Waals surface area contributed by atoms with Gasteiger partial charge in [-0.05, 0) is 32.9 Å². The average Bonchev–Trinajstić information content (AvgIpc) is 2.70. The van der Waals surface area contributed by atoms with Crippen molar-refractivity contribution < 1.29 is 8.42 Å². The summed E-state index contributed by atoms with van der Waals surface area (Å²) < 4.78 is 23.8. The lowest BCUT2D eigenvalue weighted by atomic mass is 9.95. The van der Waals surface area contributed by atoms with E-state index in [0.29, 0.717) is 6.54 Å². The first-order valence-electron chi connectivity index (χ1n) is 6.48. The molecular formula is C12H26N2O2S. The van der Waals surface area contributed by atoms with Crippen molar-refractivity contribution in [3.05, 3.63) is 0 Å². The van der Waals surface area contributed by atoms with Crippen LogP contribution in [0.3, 0.4) is 0 Å². The van der Waals surface area contributed by atoms with Crippen molar-refractivity contribution in [2.75, 3.05) is 26.4 Å². The van der Waals surface area contributed by atoms with Crippen molar-refractivity contribution >= 4 is 9.84 Å². The molecule has 1 aliphatic carbocycles. The van der Waals surface area contributed by atoms with E-state index in [2.05, 4.69) is 11.8 Å². The summed E-state index contributed by atoms with van der Waals surface area (Å²) in [6.07, 6.45) is 6.18. The van der Waals surface area contributed by atoms with Crippen molar-refractivity contribution in [2.45, 2.75) is 49.8 Å². The first-order valence-corrected chi connectivity index (χ1v) is 8.44. The van der Waals surface area contributed by atoms with E-state index < -0.39 is 9.84 Å². The summed E-state index contributed by atoms with van der Waals surface area (Å²) in [7, 11) is -0.994. The molecule has 2 unspecified atom stereocenters. The molecule has 0 saturated heterocycles. The highest BCUT2D eigenvalue weighted by Gasteiger charge is 2.49. The zero-order chi connectivity index (χ0) is 13.1. The number of hydrogen-bond donors (Lipinski definition) is 1. The molecule has 1 aliphatic rings. The van der Waals surface area contributed by atoms with Gasteiger partial charge in [0.15, 0.2) is 9.84 Å². The van der Waals surface area contributed by atoms with Crippen molar-refractivity contribution in [2.24, 2.45) is 5.73 Å². The second kappa shape index (κ2) is 5.67. The average molecular weight is 262 g/mol. The molecule has 1 fully saturated rings. The van der Waals surface area contributed by atoms with Crippen LogP contribution in [0.1, 0.15) is 39.0 Å². The number of nitrogens with two attached hydrogens (primary N) is 1. The fourth-order valence-corrected chi connectivity index (χ4v) is 4.87. The molecular weight excluding hydrogens is 236 g/mol. The largest absolute Gasteiger partial charge is 0.329 e. The minimum atomic E-state index is -3.01. The summed E-state index contributed by atoms with van der Waals surface area (Å²) in [5, 5.41) is -0.290. The Morgan fingerprint density at radius 1 is 1.47 bits per heavy atom. The van der Waals surface area contributed by atoms with E-state index in [9.17, 15) is 8.42 Å². The summed E-state index contributed by atoms with van der Waals surface area (Å²) in [5.74, 6) is 0. The molecule has 0 radical (unpaired) electrons. The predicted octanol–water partition coefficient (Wildman–Crippen LogP) is 1.01. The van der Waals surface area contributed by atoms with Gasteiger partial charge in [-0.1, -0.05) is 19.8 Å². The van der Waals surface area contributed by atoms with Crippen LogP contribution in [0.15, 0.2) is 0 Å². The predicted molar refractivity (Wildman–Crippen MR) is 71.8 cm³/mol. The molecule has 0 aromatic carbocycles. The Balaban J connectivity index is 2.93. The minimum Gasteiger partial charge on any atom is -0.329 e. The minimum absolute atomic E-state index is 0.290. The molecule has 5 heteroatoms. The third-order valence-corrected chi connectivity index (χ3v) is 5.86. The van der Waals surface area contributed by atoms with Crippen molar-refractivity contribution in [3.8, 4) is 0 Å². The summed E-state index contributed by atoms with van der Waals surface area (Å²) in [5.41, 5.74) is 5.59. The Bertz CT molecular complexity index is 342. The molecule has 0 aromatic heterocycles. The van der Waals surface area contributed by atoms with Gasteiger partial charge in [0.25, 0.3) is 0 Å². The molecule has 1 rings (SSSR count). The molecule has 0 spiro atoms. The fourth-order valence-electron chi connectivity index (χ4n) is 3.08. The van der Waals surface area contributed by atoms with Crippen molar-refractivity contribution in [1.29, 1.82) is 0 Å². The molecule has 0 bridgehead atoms. The maximum atomic E-state index is 11.9. The number of nitrogens with zero attached hydrogens (tertiary/aromatic N) is 1. The van der Waals surface area contributed by atoms with E-state index in [1.807, 2.05) is 7.05 Å². The highest BCUT2D eigenvalue weighted by atomic mass is 32.2. The van der Waals surface area contributed by atoms with Crippen LogP contribution in [0.25, 0.3) is 0 Å². The Hall–Kier alpha value is -0.130. The lowest BCUT2D eigenvalue weighted by molar-refractivity contribution is 0.132. The normalized spacial score (nSPS) is 30.1. The first kappa shape index (κ1) is 14.9. The van der Waals surface area contributed by atoms with Gasteiger partial charge in [0.1, 0.15) is 0 Å². The van der Waals surface area contributed by atoms with Crippen LogP contribution in [0.5, 0.6) is 0 Å². The van der Waals surface area contributed by atoms with E-state index in [0.717, 1.165) is 38.6 Å². The third kappa shape index (κ3) is 3.01. The number of likely N-dealkylation sites (N-methyl/N-ethyl adjacent to an activating group) is 1. The molecule has 0 amide bonds. The van der Waals surface area contributed by atoms with Gasteiger partial charge in [-0.2, -0.15) is 0 Å². The summed E-state index contributed by atoms with van der Waals surface area (Å²) >= 11 is 0. The van der Waals surface area contributed by atoms with E-state index in [1.165, 1.54) is 6.26 Å². The van der Waals surface area contributed by atoms with Crippen LogP contribution < -0.4 is 5.73 Å². The highest BCUT2D eigenvalue weighted by molar-refractivity contribution is 7.91. The van der Waals surface area contributed by atoms with Gasteiger partial charge in [0, 0.05) is 18.3 Å². The quantitative estimate of drug-likeness (QED) is 0.776. The number of hydrogen-bond acceptors (Lipinski definition) is 4. The van der Waals surface area contributed by atoms with Crippen LogP contribution in [0.4, 0.5) is 0 Å². The monoisotopic (exact) mass is 262 g/mol. The van der Waals surface area contributed by atoms with E-state index in [1.54, 1.807) is 0 Å². The summed E-state index contributed by atoms with van der Waals surface area (Å²) in [6, 6.07) is 0.